The van der Waals surface area contributed by atoms with Crippen LogP contribution in [0.25, 0.3) is 0 Å². The molecule has 0 spiro atoms. The quantitative estimate of drug-likeness (QED) is 0.836. The van der Waals surface area contributed by atoms with E-state index < -0.39 is 7.12 Å². The Labute approximate surface area is 144 Å². The maximum Gasteiger partial charge on any atom is 0.488 e. The summed E-state index contributed by atoms with van der Waals surface area (Å²) in [6.45, 7) is 4.80. The second-order valence-corrected chi connectivity index (χ2v) is 7.63. The van der Waals surface area contributed by atoms with Crippen molar-refractivity contribution in [3.05, 3.63) is 54.1 Å². The van der Waals surface area contributed by atoms with Crippen LogP contribution in [-0.4, -0.2) is 22.7 Å². The number of para-hydroxylation sites is 1. The zero-order valence-corrected chi connectivity index (χ0v) is 14.4. The first kappa shape index (κ1) is 15.7. The Kier molecular flexibility index (Phi) is 3.52. The smallest absolute Gasteiger partial charge is 0.423 e. The van der Waals surface area contributed by atoms with E-state index in [1.807, 2.05) is 24.3 Å². The third-order valence-electron chi connectivity index (χ3n) is 6.46. The van der Waals surface area contributed by atoms with E-state index in [2.05, 4.69) is 43.0 Å². The number of nitrogens with zero attached hydrogens (tertiary/aromatic N) is 1. The second kappa shape index (κ2) is 5.37. The fourth-order valence-electron chi connectivity index (χ4n) is 4.90. The third-order valence-corrected chi connectivity index (χ3v) is 6.46. The Morgan fingerprint density at radius 1 is 0.917 bits per heavy atom. The van der Waals surface area contributed by atoms with Gasteiger partial charge >= 0.3 is 7.12 Å². The summed E-state index contributed by atoms with van der Waals surface area (Å²) in [4.78, 5) is 2.48. The molecule has 1 aliphatic heterocycles. The summed E-state index contributed by atoms with van der Waals surface area (Å²) in [5.74, 6) is 0. The molecular formula is C20H24BNO2. The van der Waals surface area contributed by atoms with E-state index in [1.165, 1.54) is 36.9 Å². The molecule has 124 valence electrons. The minimum absolute atomic E-state index is 0.0499. The third kappa shape index (κ3) is 1.99. The summed E-state index contributed by atoms with van der Waals surface area (Å²) in [6.07, 6.45) is 4.92. The van der Waals surface area contributed by atoms with Gasteiger partial charge in [-0.2, -0.15) is 0 Å². The van der Waals surface area contributed by atoms with Crippen LogP contribution in [0.15, 0.2) is 48.5 Å². The molecule has 1 aliphatic carbocycles. The summed E-state index contributed by atoms with van der Waals surface area (Å²) in [5.41, 5.74) is 4.59. The van der Waals surface area contributed by atoms with Gasteiger partial charge in [0.15, 0.2) is 0 Å². The van der Waals surface area contributed by atoms with Gasteiger partial charge in [-0.3, -0.25) is 0 Å². The Hall–Kier alpha value is -1.78. The van der Waals surface area contributed by atoms with Gasteiger partial charge < -0.3 is 14.9 Å². The van der Waals surface area contributed by atoms with Crippen molar-refractivity contribution in [2.45, 2.75) is 50.5 Å². The molecule has 2 aliphatic rings. The highest BCUT2D eigenvalue weighted by Gasteiger charge is 2.57. The number of hydrogen-bond acceptors (Lipinski definition) is 3. The first-order chi connectivity index (χ1) is 11.5. The van der Waals surface area contributed by atoms with Crippen molar-refractivity contribution in [3.63, 3.8) is 0 Å². The first-order valence-electron chi connectivity index (χ1n) is 8.83. The number of fused-ring (bicyclic) bond motifs is 3. The van der Waals surface area contributed by atoms with Gasteiger partial charge in [0.1, 0.15) is 0 Å². The van der Waals surface area contributed by atoms with Crippen LogP contribution < -0.4 is 10.4 Å². The van der Waals surface area contributed by atoms with Crippen LogP contribution in [0.4, 0.5) is 11.4 Å². The van der Waals surface area contributed by atoms with Crippen LogP contribution in [0.3, 0.4) is 0 Å². The van der Waals surface area contributed by atoms with Gasteiger partial charge in [0, 0.05) is 16.8 Å². The summed E-state index contributed by atoms with van der Waals surface area (Å²) in [6, 6.07) is 16.4. The molecule has 2 aromatic carbocycles. The Balaban J connectivity index is 1.87. The lowest BCUT2D eigenvalue weighted by Crippen LogP contribution is -2.54. The van der Waals surface area contributed by atoms with E-state index in [-0.39, 0.29) is 11.0 Å². The van der Waals surface area contributed by atoms with Crippen LogP contribution >= 0.6 is 0 Å². The lowest BCUT2D eigenvalue weighted by molar-refractivity contribution is 0.195. The molecule has 1 heterocycles. The van der Waals surface area contributed by atoms with E-state index in [4.69, 9.17) is 0 Å². The number of rotatable bonds is 2. The highest BCUT2D eigenvalue weighted by Crippen LogP contribution is 2.60. The molecule has 0 aromatic heterocycles. The topological polar surface area (TPSA) is 43.7 Å². The lowest BCUT2D eigenvalue weighted by Gasteiger charge is -2.50. The van der Waals surface area contributed by atoms with Crippen LogP contribution in [-0.2, 0) is 5.41 Å². The molecule has 2 aromatic rings. The first-order valence-corrected chi connectivity index (χ1v) is 8.83. The second-order valence-electron chi connectivity index (χ2n) is 7.63. The average Bonchev–Trinajstić information content (AvgIpc) is 2.79. The van der Waals surface area contributed by atoms with Crippen LogP contribution in [0, 0.1) is 0 Å². The van der Waals surface area contributed by atoms with Crippen molar-refractivity contribution in [1.29, 1.82) is 0 Å². The molecular weight excluding hydrogens is 297 g/mol. The zero-order chi connectivity index (χ0) is 16.9. The molecule has 0 radical (unpaired) electrons. The van der Waals surface area contributed by atoms with Gasteiger partial charge in [0.2, 0.25) is 0 Å². The van der Waals surface area contributed by atoms with Crippen molar-refractivity contribution in [1.82, 2.24) is 0 Å². The minimum atomic E-state index is -1.42. The number of benzene rings is 2. The highest BCUT2D eigenvalue weighted by atomic mass is 16.4. The van der Waals surface area contributed by atoms with Crippen LogP contribution in [0.2, 0.25) is 0 Å². The van der Waals surface area contributed by atoms with Gasteiger partial charge in [-0.05, 0) is 49.0 Å². The van der Waals surface area contributed by atoms with E-state index in [9.17, 15) is 10.0 Å². The van der Waals surface area contributed by atoms with Crippen LogP contribution in [0.1, 0.15) is 45.1 Å². The standard InChI is InChI=1S/C20H24BNO2/c1-19-13-5-6-14-20(19,2)22(18-8-4-3-7-17(18)19)16-11-9-15(10-12-16)21(23)24/h3-4,7-12,23-24H,5-6,13-14H2,1-2H3. The molecule has 0 bridgehead atoms. The van der Waals surface area contributed by atoms with Gasteiger partial charge in [-0.1, -0.05) is 50.1 Å². The van der Waals surface area contributed by atoms with Gasteiger partial charge in [-0.25, -0.2) is 0 Å². The van der Waals surface area contributed by atoms with Crippen molar-refractivity contribution < 1.29 is 10.0 Å². The zero-order valence-electron chi connectivity index (χ0n) is 14.4. The molecule has 2 unspecified atom stereocenters. The SMILES string of the molecule is CC12CCCCC1(C)N(c1ccc(B(O)O)cc1)c1ccccc12. The Morgan fingerprint density at radius 2 is 1.58 bits per heavy atom. The minimum Gasteiger partial charge on any atom is -0.423 e. The predicted molar refractivity (Wildman–Crippen MR) is 99.1 cm³/mol. The molecule has 0 amide bonds. The molecule has 24 heavy (non-hydrogen) atoms. The molecule has 2 atom stereocenters. The summed E-state index contributed by atoms with van der Waals surface area (Å²) >= 11 is 0. The lowest BCUT2D eigenvalue weighted by atomic mass is 9.61. The Bertz CT molecular complexity index is 760. The van der Waals surface area contributed by atoms with Crippen molar-refractivity contribution in [2.24, 2.45) is 0 Å². The predicted octanol–water partition coefficient (Wildman–Crippen LogP) is 3.11. The number of anilines is 2. The maximum absolute atomic E-state index is 9.36. The normalized spacial score (nSPS) is 28.4. The van der Waals surface area contributed by atoms with E-state index in [0.29, 0.717) is 5.46 Å². The summed E-state index contributed by atoms with van der Waals surface area (Å²) < 4.78 is 0. The maximum atomic E-state index is 9.36. The summed E-state index contributed by atoms with van der Waals surface area (Å²) in [5, 5.41) is 18.7. The van der Waals surface area contributed by atoms with E-state index >= 15 is 0 Å². The fourth-order valence-corrected chi connectivity index (χ4v) is 4.90. The molecule has 4 rings (SSSR count). The fraction of sp³-hybridized carbons (Fsp3) is 0.400. The van der Waals surface area contributed by atoms with E-state index in [1.54, 1.807) is 0 Å². The molecule has 4 heteroatoms. The van der Waals surface area contributed by atoms with Crippen molar-refractivity contribution >= 4 is 24.0 Å². The average molecular weight is 321 g/mol. The molecule has 1 saturated carbocycles. The summed E-state index contributed by atoms with van der Waals surface area (Å²) in [7, 11) is -1.42. The largest absolute Gasteiger partial charge is 0.488 e. The monoisotopic (exact) mass is 321 g/mol. The van der Waals surface area contributed by atoms with Crippen LogP contribution in [0.5, 0.6) is 0 Å². The molecule has 0 saturated heterocycles. The van der Waals surface area contributed by atoms with Gasteiger partial charge in [0.25, 0.3) is 0 Å². The van der Waals surface area contributed by atoms with Crippen molar-refractivity contribution in [2.75, 3.05) is 4.90 Å². The molecule has 1 fully saturated rings. The van der Waals surface area contributed by atoms with Crippen molar-refractivity contribution in [3.8, 4) is 0 Å². The molecule has 2 N–H and O–H groups in total. The highest BCUT2D eigenvalue weighted by molar-refractivity contribution is 6.58. The van der Waals surface area contributed by atoms with Gasteiger partial charge in [0.05, 0.1) is 5.54 Å². The molecule has 3 nitrogen and oxygen atoms in total. The Morgan fingerprint density at radius 3 is 2.29 bits per heavy atom. The van der Waals surface area contributed by atoms with Gasteiger partial charge in [-0.15, -0.1) is 0 Å². The van der Waals surface area contributed by atoms with E-state index in [0.717, 1.165) is 5.69 Å². The number of hydrogen-bond donors (Lipinski definition) is 2.